The molecule has 0 radical (unpaired) electrons. The number of para-hydroxylation sites is 1. The Hall–Kier alpha value is -3.78. The molecule has 0 fully saturated rings. The maximum Gasteiger partial charge on any atom is 0.304 e. The molecule has 2 aromatic carbocycles. The Bertz CT molecular complexity index is 1460. The van der Waals surface area contributed by atoms with Crippen molar-refractivity contribution >= 4 is 40.8 Å². The van der Waals surface area contributed by atoms with Crippen molar-refractivity contribution in [2.45, 2.75) is 18.3 Å². The molecule has 1 aliphatic heterocycles. The van der Waals surface area contributed by atoms with Crippen molar-refractivity contribution in [2.75, 3.05) is 5.75 Å². The summed E-state index contributed by atoms with van der Waals surface area (Å²) in [4.78, 5) is 20.0. The lowest BCUT2D eigenvalue weighted by Gasteiger charge is -2.19. The van der Waals surface area contributed by atoms with E-state index in [9.17, 15) is 13.6 Å². The zero-order valence-electron chi connectivity index (χ0n) is 18.4. The predicted octanol–water partition coefficient (Wildman–Crippen LogP) is 6.27. The average molecular weight is 491 g/mol. The van der Waals surface area contributed by atoms with Crippen molar-refractivity contribution < 1.29 is 23.4 Å². The second kappa shape index (κ2) is 9.84. The van der Waals surface area contributed by atoms with Gasteiger partial charge in [0.1, 0.15) is 5.75 Å². The smallest absolute Gasteiger partial charge is 0.304 e. The van der Waals surface area contributed by atoms with Gasteiger partial charge in [-0.05, 0) is 41.5 Å². The van der Waals surface area contributed by atoms with E-state index in [2.05, 4.69) is 9.97 Å². The van der Waals surface area contributed by atoms with Crippen LogP contribution in [0, 0.1) is 11.6 Å². The molecule has 1 unspecified atom stereocenters. The van der Waals surface area contributed by atoms with Crippen molar-refractivity contribution in [3.63, 3.8) is 0 Å². The molecule has 176 valence electrons. The highest BCUT2D eigenvalue weighted by Gasteiger charge is 2.26. The van der Waals surface area contributed by atoms with Gasteiger partial charge in [-0.25, -0.2) is 13.8 Å². The monoisotopic (exact) mass is 490 g/mol. The summed E-state index contributed by atoms with van der Waals surface area (Å²) >= 11 is 1.40. The fourth-order valence-corrected chi connectivity index (χ4v) is 5.01. The number of carbonyl (C=O) groups is 1. The minimum atomic E-state index is -0.937. The zero-order chi connectivity index (χ0) is 24.4. The molecule has 3 heterocycles. The van der Waals surface area contributed by atoms with E-state index < -0.39 is 23.0 Å². The summed E-state index contributed by atoms with van der Waals surface area (Å²) in [5.74, 6) is -1.61. The van der Waals surface area contributed by atoms with Crippen molar-refractivity contribution in [1.82, 2.24) is 9.97 Å². The third-order valence-electron chi connectivity index (χ3n) is 5.65. The van der Waals surface area contributed by atoms with E-state index in [1.54, 1.807) is 24.4 Å². The van der Waals surface area contributed by atoms with Crippen molar-refractivity contribution in [3.05, 3.63) is 101 Å². The van der Waals surface area contributed by atoms with Gasteiger partial charge in [0, 0.05) is 35.4 Å². The third kappa shape index (κ3) is 5.02. The lowest BCUT2D eigenvalue weighted by Crippen LogP contribution is -2.09. The van der Waals surface area contributed by atoms with Gasteiger partial charge in [0.25, 0.3) is 0 Å². The van der Waals surface area contributed by atoms with E-state index in [4.69, 9.17) is 9.84 Å². The second-order valence-corrected chi connectivity index (χ2v) is 9.22. The Morgan fingerprint density at radius 1 is 1.09 bits per heavy atom. The summed E-state index contributed by atoms with van der Waals surface area (Å²) < 4.78 is 33.6. The molecule has 1 N–H and O–H groups in total. The Morgan fingerprint density at radius 2 is 1.91 bits per heavy atom. The number of aromatic nitrogens is 2. The molecule has 8 heteroatoms. The number of benzene rings is 2. The quantitative estimate of drug-likeness (QED) is 0.344. The molecule has 1 aliphatic rings. The summed E-state index contributed by atoms with van der Waals surface area (Å²) in [6.07, 6.45) is 6.04. The van der Waals surface area contributed by atoms with Gasteiger partial charge < -0.3 is 9.84 Å². The molecule has 0 saturated carbocycles. The summed E-state index contributed by atoms with van der Waals surface area (Å²) in [5.41, 5.74) is 4.15. The number of pyridine rings is 2. The van der Waals surface area contributed by atoms with Crippen molar-refractivity contribution in [2.24, 2.45) is 0 Å². The van der Waals surface area contributed by atoms with Crippen molar-refractivity contribution in [3.8, 4) is 5.75 Å². The van der Waals surface area contributed by atoms with Crippen LogP contribution in [-0.2, 0) is 11.2 Å². The van der Waals surface area contributed by atoms with Gasteiger partial charge in [0.05, 0.1) is 23.3 Å². The SMILES string of the molecule is O=C(O)CCSC1Oc2c(C=Cc3ccc4cc(F)c(F)cc4n3)cccc2Cc2cccnc21. The van der Waals surface area contributed by atoms with Crippen LogP contribution in [0.2, 0.25) is 0 Å². The molecule has 0 amide bonds. The van der Waals surface area contributed by atoms with Crippen LogP contribution in [0.5, 0.6) is 5.75 Å². The number of fused-ring (bicyclic) bond motifs is 3. The molecule has 0 bridgehead atoms. The van der Waals surface area contributed by atoms with Crippen LogP contribution < -0.4 is 4.74 Å². The van der Waals surface area contributed by atoms with Crippen LogP contribution >= 0.6 is 11.8 Å². The molecular formula is C27H20F2N2O3S. The number of nitrogens with zero attached hydrogens (tertiary/aromatic N) is 2. The predicted molar refractivity (Wildman–Crippen MR) is 132 cm³/mol. The average Bonchev–Trinajstić information content (AvgIpc) is 3.00. The molecule has 5 rings (SSSR count). The highest BCUT2D eigenvalue weighted by atomic mass is 32.2. The Labute approximate surface area is 204 Å². The fourth-order valence-electron chi connectivity index (χ4n) is 3.97. The first kappa shape index (κ1) is 23.0. The van der Waals surface area contributed by atoms with E-state index in [1.165, 1.54) is 11.8 Å². The molecule has 0 spiro atoms. The first-order valence-corrected chi connectivity index (χ1v) is 12.0. The van der Waals surface area contributed by atoms with Crippen molar-refractivity contribution in [1.29, 1.82) is 0 Å². The largest absolute Gasteiger partial charge is 0.481 e. The third-order valence-corrected chi connectivity index (χ3v) is 6.72. The van der Waals surface area contributed by atoms with Crippen LogP contribution in [0.4, 0.5) is 8.78 Å². The lowest BCUT2D eigenvalue weighted by atomic mass is 10.0. The van der Waals surface area contributed by atoms with Crippen LogP contribution in [0.1, 0.15) is 39.9 Å². The molecular weight excluding hydrogens is 470 g/mol. The number of hydrogen-bond donors (Lipinski definition) is 1. The molecule has 0 saturated heterocycles. The van der Waals surface area contributed by atoms with Gasteiger partial charge in [-0.2, -0.15) is 0 Å². The Kier molecular flexibility index (Phi) is 6.46. The molecule has 5 nitrogen and oxygen atoms in total. The normalized spacial score (nSPS) is 14.9. The number of halogens is 2. The summed E-state index contributed by atoms with van der Waals surface area (Å²) in [6, 6.07) is 15.4. The van der Waals surface area contributed by atoms with Gasteiger partial charge in [-0.15, -0.1) is 11.8 Å². The van der Waals surface area contributed by atoms with E-state index >= 15 is 0 Å². The fraction of sp³-hybridized carbons (Fsp3) is 0.148. The van der Waals surface area contributed by atoms with E-state index in [-0.39, 0.29) is 6.42 Å². The van der Waals surface area contributed by atoms with Crippen LogP contribution in [0.25, 0.3) is 23.1 Å². The van der Waals surface area contributed by atoms with Crippen LogP contribution in [0.3, 0.4) is 0 Å². The lowest BCUT2D eigenvalue weighted by molar-refractivity contribution is -0.136. The summed E-state index contributed by atoms with van der Waals surface area (Å²) in [5, 5.41) is 9.56. The molecule has 4 aromatic rings. The zero-order valence-corrected chi connectivity index (χ0v) is 19.3. The van der Waals surface area contributed by atoms with Gasteiger partial charge in [0.2, 0.25) is 0 Å². The minimum absolute atomic E-state index is 0.0270. The number of rotatable bonds is 6. The number of aliphatic carboxylic acids is 1. The number of ether oxygens (including phenoxy) is 1. The second-order valence-electron chi connectivity index (χ2n) is 8.05. The number of carboxylic acid groups (broad SMARTS) is 1. The molecule has 0 aliphatic carbocycles. The molecule has 35 heavy (non-hydrogen) atoms. The molecule has 2 aromatic heterocycles. The molecule has 1 atom stereocenters. The van der Waals surface area contributed by atoms with Crippen LogP contribution in [-0.4, -0.2) is 26.8 Å². The van der Waals surface area contributed by atoms with Gasteiger partial charge in [0.15, 0.2) is 17.1 Å². The first-order chi connectivity index (χ1) is 17.0. The van der Waals surface area contributed by atoms with E-state index in [0.29, 0.717) is 34.5 Å². The maximum atomic E-state index is 13.7. The number of hydrogen-bond acceptors (Lipinski definition) is 5. The Balaban J connectivity index is 1.47. The highest BCUT2D eigenvalue weighted by molar-refractivity contribution is 7.99. The standard InChI is InChI=1S/C27H20F2N2O3S/c28-21-14-17-7-9-20(31-23(17)15-22(21)29)8-6-16-3-1-4-19-13-18-5-2-11-30-25(18)27(34-26(16)19)35-12-10-24(32)33/h1-9,11,14-15,27H,10,12-13H2,(H,32,33). The highest BCUT2D eigenvalue weighted by Crippen LogP contribution is 2.41. The van der Waals surface area contributed by atoms with Gasteiger partial charge in [-0.1, -0.05) is 30.3 Å². The number of carboxylic acids is 1. The van der Waals surface area contributed by atoms with Gasteiger partial charge in [-0.3, -0.25) is 9.78 Å². The Morgan fingerprint density at radius 3 is 2.77 bits per heavy atom. The van der Waals surface area contributed by atoms with Gasteiger partial charge >= 0.3 is 5.97 Å². The number of thioether (sulfide) groups is 1. The van der Waals surface area contributed by atoms with E-state index in [0.717, 1.165) is 34.5 Å². The van der Waals surface area contributed by atoms with Crippen LogP contribution in [0.15, 0.2) is 60.8 Å². The first-order valence-electron chi connectivity index (χ1n) is 11.0. The topological polar surface area (TPSA) is 72.3 Å². The minimum Gasteiger partial charge on any atom is -0.481 e. The summed E-state index contributed by atoms with van der Waals surface area (Å²) in [6.45, 7) is 0. The maximum absolute atomic E-state index is 13.7. The van der Waals surface area contributed by atoms with E-state index in [1.807, 2.05) is 36.4 Å². The summed E-state index contributed by atoms with van der Waals surface area (Å²) in [7, 11) is 0.